The van der Waals surface area contributed by atoms with Crippen LogP contribution in [-0.4, -0.2) is 37.0 Å². The lowest BCUT2D eigenvalue weighted by molar-refractivity contribution is 0.0364. The second-order valence-corrected chi connectivity index (χ2v) is 4.14. The second-order valence-electron chi connectivity index (χ2n) is 4.14. The highest BCUT2D eigenvalue weighted by atomic mass is 16.5. The summed E-state index contributed by atoms with van der Waals surface area (Å²) >= 11 is 0. The Hall–Kier alpha value is -0.120. The van der Waals surface area contributed by atoms with Crippen molar-refractivity contribution in [1.82, 2.24) is 5.32 Å². The fourth-order valence-corrected chi connectivity index (χ4v) is 2.04. The van der Waals surface area contributed by atoms with Crippen LogP contribution in [0.1, 0.15) is 39.0 Å². The molecule has 0 aromatic rings. The van der Waals surface area contributed by atoms with E-state index >= 15 is 0 Å². The average molecular weight is 201 g/mol. The molecule has 0 heterocycles. The van der Waals surface area contributed by atoms with Crippen LogP contribution in [0, 0.1) is 0 Å². The molecule has 0 amide bonds. The number of ether oxygens (including phenoxy) is 1. The van der Waals surface area contributed by atoms with Crippen molar-refractivity contribution >= 4 is 0 Å². The van der Waals surface area contributed by atoms with Crippen molar-refractivity contribution < 1.29 is 9.84 Å². The van der Waals surface area contributed by atoms with Gasteiger partial charge >= 0.3 is 0 Å². The molecule has 84 valence electrons. The van der Waals surface area contributed by atoms with Gasteiger partial charge in [-0.25, -0.2) is 0 Å². The smallest absolute Gasteiger partial charge is 0.0724 e. The van der Waals surface area contributed by atoms with E-state index in [1.165, 1.54) is 19.3 Å². The largest absolute Gasteiger partial charge is 0.392 e. The van der Waals surface area contributed by atoms with Crippen molar-refractivity contribution in [2.45, 2.75) is 57.3 Å². The first-order valence-electron chi connectivity index (χ1n) is 5.72. The van der Waals surface area contributed by atoms with E-state index in [0.29, 0.717) is 18.7 Å². The topological polar surface area (TPSA) is 41.5 Å². The quantitative estimate of drug-likeness (QED) is 0.704. The molecule has 2 N–H and O–H groups in total. The Bertz CT molecular complexity index is 152. The van der Waals surface area contributed by atoms with Crippen LogP contribution in [0.3, 0.4) is 0 Å². The second kappa shape index (κ2) is 6.38. The van der Waals surface area contributed by atoms with Gasteiger partial charge in [-0.05, 0) is 19.3 Å². The highest BCUT2D eigenvalue weighted by Crippen LogP contribution is 2.20. The summed E-state index contributed by atoms with van der Waals surface area (Å²) in [4.78, 5) is 0. The molecule has 14 heavy (non-hydrogen) atoms. The zero-order valence-corrected chi connectivity index (χ0v) is 9.33. The van der Waals surface area contributed by atoms with Gasteiger partial charge < -0.3 is 15.2 Å². The first-order valence-corrected chi connectivity index (χ1v) is 5.72. The van der Waals surface area contributed by atoms with Crippen LogP contribution in [0.4, 0.5) is 0 Å². The number of rotatable bonds is 5. The molecule has 1 aliphatic rings. The van der Waals surface area contributed by atoms with Gasteiger partial charge in [0.25, 0.3) is 0 Å². The van der Waals surface area contributed by atoms with E-state index in [4.69, 9.17) is 4.74 Å². The lowest BCUT2D eigenvalue weighted by Crippen LogP contribution is -2.45. The molecular weight excluding hydrogens is 178 g/mol. The summed E-state index contributed by atoms with van der Waals surface area (Å²) in [5.41, 5.74) is 0. The number of nitrogens with one attached hydrogen (secondary N) is 1. The third-order valence-corrected chi connectivity index (χ3v) is 3.09. The Labute approximate surface area is 86.8 Å². The van der Waals surface area contributed by atoms with Crippen LogP contribution >= 0.6 is 0 Å². The fourth-order valence-electron chi connectivity index (χ4n) is 2.04. The molecule has 3 heteroatoms. The molecule has 0 aromatic carbocycles. The van der Waals surface area contributed by atoms with Gasteiger partial charge in [-0.15, -0.1) is 0 Å². The monoisotopic (exact) mass is 201 g/mol. The van der Waals surface area contributed by atoms with Crippen molar-refractivity contribution in [1.29, 1.82) is 0 Å². The molecule has 1 fully saturated rings. The maximum atomic E-state index is 9.44. The van der Waals surface area contributed by atoms with Gasteiger partial charge in [-0.3, -0.25) is 0 Å². The van der Waals surface area contributed by atoms with Crippen LogP contribution in [0.15, 0.2) is 0 Å². The van der Waals surface area contributed by atoms with Crippen LogP contribution in [-0.2, 0) is 4.74 Å². The molecule has 3 unspecified atom stereocenters. The zero-order chi connectivity index (χ0) is 10.4. The van der Waals surface area contributed by atoms with E-state index in [9.17, 15) is 5.11 Å². The van der Waals surface area contributed by atoms with Crippen LogP contribution in [0.5, 0.6) is 0 Å². The van der Waals surface area contributed by atoms with Crippen molar-refractivity contribution in [3.05, 3.63) is 0 Å². The third kappa shape index (κ3) is 3.56. The molecule has 0 radical (unpaired) electrons. The summed E-state index contributed by atoms with van der Waals surface area (Å²) < 4.78 is 5.43. The van der Waals surface area contributed by atoms with E-state index in [1.54, 1.807) is 7.11 Å². The normalized spacial score (nSPS) is 30.2. The number of hydrogen-bond donors (Lipinski definition) is 2. The summed E-state index contributed by atoms with van der Waals surface area (Å²) in [7, 11) is 1.78. The van der Waals surface area contributed by atoms with Crippen molar-refractivity contribution in [2.24, 2.45) is 0 Å². The highest BCUT2D eigenvalue weighted by molar-refractivity contribution is 4.82. The summed E-state index contributed by atoms with van der Waals surface area (Å²) in [6.45, 7) is 2.70. The molecule has 1 aliphatic carbocycles. The Balaban J connectivity index is 2.26. The number of aliphatic hydroxyl groups excluding tert-OH is 1. The maximum absolute atomic E-state index is 9.44. The van der Waals surface area contributed by atoms with E-state index in [1.807, 2.05) is 6.92 Å². The Morgan fingerprint density at radius 2 is 2.14 bits per heavy atom. The Morgan fingerprint density at radius 1 is 1.43 bits per heavy atom. The SMILES string of the molecule is CCC(O)CNC1CCCCC1OC. The van der Waals surface area contributed by atoms with Gasteiger partial charge in [0.15, 0.2) is 0 Å². The van der Waals surface area contributed by atoms with Gasteiger partial charge in [-0.1, -0.05) is 19.8 Å². The van der Waals surface area contributed by atoms with E-state index in [0.717, 1.165) is 12.8 Å². The predicted molar refractivity (Wildman–Crippen MR) is 57.4 cm³/mol. The lowest BCUT2D eigenvalue weighted by Gasteiger charge is -2.31. The molecule has 3 nitrogen and oxygen atoms in total. The molecule has 0 aromatic heterocycles. The van der Waals surface area contributed by atoms with Crippen molar-refractivity contribution in [2.75, 3.05) is 13.7 Å². The van der Waals surface area contributed by atoms with Crippen molar-refractivity contribution in [3.8, 4) is 0 Å². The first-order chi connectivity index (χ1) is 6.77. The van der Waals surface area contributed by atoms with E-state index in [-0.39, 0.29) is 6.10 Å². The molecule has 0 aliphatic heterocycles. The van der Waals surface area contributed by atoms with Crippen LogP contribution < -0.4 is 5.32 Å². The molecule has 0 bridgehead atoms. The Kier molecular flexibility index (Phi) is 5.45. The van der Waals surface area contributed by atoms with Gasteiger partial charge in [0.2, 0.25) is 0 Å². The maximum Gasteiger partial charge on any atom is 0.0724 e. The molecular formula is C11H23NO2. The molecule has 0 saturated heterocycles. The van der Waals surface area contributed by atoms with Crippen LogP contribution in [0.25, 0.3) is 0 Å². The predicted octanol–water partition coefficient (Wildman–Crippen LogP) is 1.30. The lowest BCUT2D eigenvalue weighted by atomic mass is 9.92. The summed E-state index contributed by atoms with van der Waals surface area (Å²) in [6, 6.07) is 0.440. The number of hydrogen-bond acceptors (Lipinski definition) is 3. The van der Waals surface area contributed by atoms with Crippen LogP contribution in [0.2, 0.25) is 0 Å². The summed E-state index contributed by atoms with van der Waals surface area (Å²) in [6.07, 6.45) is 5.82. The van der Waals surface area contributed by atoms with Gasteiger partial charge in [0.05, 0.1) is 12.2 Å². The standard InChI is InChI=1S/C11H23NO2/c1-3-9(13)8-12-10-6-4-5-7-11(10)14-2/h9-13H,3-8H2,1-2H3. The summed E-state index contributed by atoms with van der Waals surface area (Å²) in [5.74, 6) is 0. The van der Waals surface area contributed by atoms with Crippen molar-refractivity contribution in [3.63, 3.8) is 0 Å². The van der Waals surface area contributed by atoms with Gasteiger partial charge in [-0.2, -0.15) is 0 Å². The minimum atomic E-state index is -0.213. The molecule has 0 spiro atoms. The minimum Gasteiger partial charge on any atom is -0.392 e. The minimum absolute atomic E-state index is 0.213. The number of aliphatic hydroxyl groups is 1. The van der Waals surface area contributed by atoms with E-state index < -0.39 is 0 Å². The third-order valence-electron chi connectivity index (χ3n) is 3.09. The fraction of sp³-hybridized carbons (Fsp3) is 1.00. The molecule has 1 saturated carbocycles. The molecule has 1 rings (SSSR count). The zero-order valence-electron chi connectivity index (χ0n) is 9.33. The van der Waals surface area contributed by atoms with Gasteiger partial charge in [0.1, 0.15) is 0 Å². The number of methoxy groups -OCH3 is 1. The summed E-state index contributed by atoms with van der Waals surface area (Å²) in [5, 5.41) is 12.8. The Morgan fingerprint density at radius 3 is 2.79 bits per heavy atom. The van der Waals surface area contributed by atoms with E-state index in [2.05, 4.69) is 5.32 Å². The highest BCUT2D eigenvalue weighted by Gasteiger charge is 2.24. The van der Waals surface area contributed by atoms with Gasteiger partial charge in [0, 0.05) is 19.7 Å². The molecule has 3 atom stereocenters. The average Bonchev–Trinajstić information content (AvgIpc) is 2.26. The first kappa shape index (κ1) is 12.0.